The Morgan fingerprint density at radius 3 is 2.05 bits per heavy atom. The van der Waals surface area contributed by atoms with E-state index in [9.17, 15) is 14.4 Å². The second-order valence-corrected chi connectivity index (χ2v) is 8.26. The Morgan fingerprint density at radius 2 is 1.54 bits per heavy atom. The molecule has 1 atom stereocenters. The van der Waals surface area contributed by atoms with E-state index in [-0.39, 0.29) is 16.8 Å². The van der Waals surface area contributed by atoms with Crippen LogP contribution in [0.4, 0.5) is 0 Å². The standard InChI is InChI=1S/C28H28N4O7/c1-5-37-20-11-7-18(8-12-20)23(19-9-13-21(14-10-19)38-6-2)30-31-26(33)17(3)32-27(34)24-25(39-28(32)35)22(36-4)15-16-29-24/h7-17H,5-6H2,1-4H3,(H,31,33)/t17-/m0/s1. The van der Waals surface area contributed by atoms with Crippen molar-refractivity contribution in [2.24, 2.45) is 5.10 Å². The lowest BCUT2D eigenvalue weighted by Crippen LogP contribution is -2.41. The molecule has 4 aromatic rings. The summed E-state index contributed by atoms with van der Waals surface area (Å²) in [5.74, 6) is -0.168. The molecule has 2 heterocycles. The smallest absolute Gasteiger partial charge is 0.423 e. The zero-order valence-electron chi connectivity index (χ0n) is 22.0. The largest absolute Gasteiger partial charge is 0.494 e. The number of hydrogen-bond donors (Lipinski definition) is 1. The van der Waals surface area contributed by atoms with E-state index in [4.69, 9.17) is 18.6 Å². The highest BCUT2D eigenvalue weighted by molar-refractivity contribution is 6.13. The predicted octanol–water partition coefficient (Wildman–Crippen LogP) is 3.29. The first-order valence-corrected chi connectivity index (χ1v) is 12.3. The Hall–Kier alpha value is -4.93. The SMILES string of the molecule is CCOc1ccc(C(=NNC(=O)[C@H](C)n2c(=O)oc3c(OC)ccnc3c2=O)c2ccc(OCC)cc2)cc1. The Labute approximate surface area is 223 Å². The summed E-state index contributed by atoms with van der Waals surface area (Å²) in [6.07, 6.45) is 1.35. The van der Waals surface area contributed by atoms with Gasteiger partial charge in [-0.15, -0.1) is 0 Å². The maximum Gasteiger partial charge on any atom is 0.423 e. The lowest BCUT2D eigenvalue weighted by atomic mass is 10.0. The zero-order valence-corrected chi connectivity index (χ0v) is 22.0. The van der Waals surface area contributed by atoms with Crippen molar-refractivity contribution in [3.8, 4) is 17.2 Å². The molecule has 2 aromatic heterocycles. The van der Waals surface area contributed by atoms with E-state index in [1.165, 1.54) is 26.3 Å². The quantitative estimate of drug-likeness (QED) is 0.243. The van der Waals surface area contributed by atoms with Crippen LogP contribution in [0.2, 0.25) is 0 Å². The van der Waals surface area contributed by atoms with Crippen LogP contribution in [-0.2, 0) is 4.79 Å². The number of amides is 1. The van der Waals surface area contributed by atoms with Gasteiger partial charge >= 0.3 is 5.76 Å². The Morgan fingerprint density at radius 1 is 0.974 bits per heavy atom. The van der Waals surface area contributed by atoms with E-state index in [1.807, 2.05) is 38.1 Å². The number of pyridine rings is 1. The van der Waals surface area contributed by atoms with Crippen LogP contribution in [0.5, 0.6) is 17.2 Å². The average Bonchev–Trinajstić information content (AvgIpc) is 2.94. The van der Waals surface area contributed by atoms with Gasteiger partial charge in [-0.2, -0.15) is 5.10 Å². The number of methoxy groups -OCH3 is 1. The van der Waals surface area contributed by atoms with Crippen molar-refractivity contribution < 1.29 is 23.4 Å². The number of benzene rings is 2. The van der Waals surface area contributed by atoms with Crippen molar-refractivity contribution in [2.45, 2.75) is 26.8 Å². The second kappa shape index (κ2) is 12.1. The topological polar surface area (TPSA) is 134 Å². The molecule has 1 N–H and O–H groups in total. The van der Waals surface area contributed by atoms with Crippen LogP contribution < -0.4 is 31.0 Å². The van der Waals surface area contributed by atoms with Crippen LogP contribution in [0.25, 0.3) is 11.1 Å². The minimum absolute atomic E-state index is 0.0924. The van der Waals surface area contributed by atoms with Crippen LogP contribution in [0, 0.1) is 0 Å². The van der Waals surface area contributed by atoms with Gasteiger partial charge in [-0.3, -0.25) is 9.59 Å². The molecule has 0 aliphatic carbocycles. The number of nitrogens with one attached hydrogen (secondary N) is 1. The normalized spacial score (nSPS) is 11.5. The van der Waals surface area contributed by atoms with Crippen molar-refractivity contribution in [2.75, 3.05) is 20.3 Å². The van der Waals surface area contributed by atoms with Crippen LogP contribution >= 0.6 is 0 Å². The zero-order chi connectivity index (χ0) is 27.9. The molecule has 2 aromatic carbocycles. The lowest BCUT2D eigenvalue weighted by Gasteiger charge is -2.14. The average molecular weight is 533 g/mol. The van der Waals surface area contributed by atoms with Crippen molar-refractivity contribution in [1.29, 1.82) is 0 Å². The number of nitrogens with zero attached hydrogens (tertiary/aromatic N) is 3. The third-order valence-corrected chi connectivity index (χ3v) is 5.82. The van der Waals surface area contributed by atoms with Crippen LogP contribution in [0.15, 0.2) is 79.9 Å². The highest BCUT2D eigenvalue weighted by Crippen LogP contribution is 2.21. The predicted molar refractivity (Wildman–Crippen MR) is 145 cm³/mol. The molecule has 0 aliphatic heterocycles. The summed E-state index contributed by atoms with van der Waals surface area (Å²) in [7, 11) is 1.38. The van der Waals surface area contributed by atoms with Crippen LogP contribution in [0.3, 0.4) is 0 Å². The van der Waals surface area contributed by atoms with Crippen molar-refractivity contribution >= 4 is 22.7 Å². The molecule has 0 saturated carbocycles. The molecule has 11 heteroatoms. The summed E-state index contributed by atoms with van der Waals surface area (Å²) in [5, 5.41) is 4.36. The van der Waals surface area contributed by atoms with Gasteiger partial charge in [0.15, 0.2) is 11.3 Å². The molecule has 0 bridgehead atoms. The summed E-state index contributed by atoms with van der Waals surface area (Å²) >= 11 is 0. The van der Waals surface area contributed by atoms with Crippen LogP contribution in [0.1, 0.15) is 37.9 Å². The van der Waals surface area contributed by atoms with Gasteiger partial charge in [-0.1, -0.05) is 0 Å². The van der Waals surface area contributed by atoms with E-state index in [2.05, 4.69) is 15.5 Å². The van der Waals surface area contributed by atoms with Crippen LogP contribution in [-0.4, -0.2) is 41.5 Å². The van der Waals surface area contributed by atoms with Gasteiger partial charge in [0.05, 0.1) is 26.0 Å². The van der Waals surface area contributed by atoms with E-state index in [0.29, 0.717) is 46.1 Å². The summed E-state index contributed by atoms with van der Waals surface area (Å²) in [6, 6.07) is 14.7. The van der Waals surface area contributed by atoms with E-state index >= 15 is 0 Å². The molecule has 39 heavy (non-hydrogen) atoms. The van der Waals surface area contributed by atoms with Gasteiger partial charge < -0.3 is 18.6 Å². The molecule has 0 aliphatic rings. The molecule has 0 radical (unpaired) electrons. The second-order valence-electron chi connectivity index (χ2n) is 8.26. The van der Waals surface area contributed by atoms with Crippen molar-refractivity contribution in [3.05, 3.63) is 92.8 Å². The number of hydrazone groups is 1. The third-order valence-electron chi connectivity index (χ3n) is 5.82. The van der Waals surface area contributed by atoms with Crippen molar-refractivity contribution in [3.63, 3.8) is 0 Å². The van der Waals surface area contributed by atoms with Gasteiger partial charge in [0.25, 0.3) is 11.5 Å². The molecule has 4 rings (SSSR count). The maximum absolute atomic E-state index is 13.1. The van der Waals surface area contributed by atoms with Gasteiger partial charge in [-0.25, -0.2) is 19.8 Å². The molecule has 0 fully saturated rings. The first-order chi connectivity index (χ1) is 18.9. The molecule has 0 unspecified atom stereocenters. The number of hydrogen-bond acceptors (Lipinski definition) is 9. The number of carbonyl (C=O) groups is 1. The van der Waals surface area contributed by atoms with Gasteiger partial charge in [-0.05, 0) is 69.3 Å². The Kier molecular flexibility index (Phi) is 8.40. The Bertz CT molecular complexity index is 1560. The highest BCUT2D eigenvalue weighted by Gasteiger charge is 2.23. The monoisotopic (exact) mass is 532 g/mol. The molecule has 1 amide bonds. The molecule has 0 spiro atoms. The number of aromatic nitrogens is 2. The summed E-state index contributed by atoms with van der Waals surface area (Å²) in [5.41, 5.74) is 3.32. The highest BCUT2D eigenvalue weighted by atomic mass is 16.5. The fraction of sp³-hybridized carbons (Fsp3) is 0.250. The molecular weight excluding hydrogens is 504 g/mol. The number of fused-ring (bicyclic) bond motifs is 1. The van der Waals surface area contributed by atoms with E-state index in [0.717, 1.165) is 0 Å². The minimum Gasteiger partial charge on any atom is -0.494 e. The van der Waals surface area contributed by atoms with E-state index in [1.54, 1.807) is 24.3 Å². The number of ether oxygens (including phenoxy) is 3. The van der Waals surface area contributed by atoms with Crippen molar-refractivity contribution in [1.82, 2.24) is 15.0 Å². The third kappa shape index (κ3) is 5.82. The fourth-order valence-corrected chi connectivity index (χ4v) is 3.88. The van der Waals surface area contributed by atoms with E-state index < -0.39 is 23.3 Å². The first-order valence-electron chi connectivity index (χ1n) is 12.3. The molecular formula is C28H28N4O7. The van der Waals surface area contributed by atoms with Gasteiger partial charge in [0, 0.05) is 23.4 Å². The molecule has 0 saturated heterocycles. The first kappa shape index (κ1) is 27.1. The van der Waals surface area contributed by atoms with Gasteiger partial charge in [0.2, 0.25) is 5.58 Å². The van der Waals surface area contributed by atoms with Gasteiger partial charge in [0.1, 0.15) is 17.5 Å². The Balaban J connectivity index is 1.68. The number of carbonyl (C=O) groups excluding carboxylic acids is 1. The molecule has 11 nitrogen and oxygen atoms in total. The maximum atomic E-state index is 13.1. The minimum atomic E-state index is -1.25. The molecule has 202 valence electrons. The fourth-order valence-electron chi connectivity index (χ4n) is 3.88. The summed E-state index contributed by atoms with van der Waals surface area (Å²) in [6.45, 7) is 6.23. The lowest BCUT2D eigenvalue weighted by molar-refractivity contribution is -0.124. The summed E-state index contributed by atoms with van der Waals surface area (Å²) in [4.78, 5) is 42.9. The summed E-state index contributed by atoms with van der Waals surface area (Å²) < 4.78 is 22.2. The number of rotatable bonds is 10.